The average Bonchev–Trinajstić information content (AvgIpc) is 3.39. The number of fused-ring (bicyclic) bond motifs is 3. The molecule has 0 amide bonds. The van der Waals surface area contributed by atoms with E-state index < -0.39 is 40.1 Å². The van der Waals surface area contributed by atoms with Crippen molar-refractivity contribution < 1.29 is 24.5 Å². The first kappa shape index (κ1) is 22.4. The third-order valence-corrected chi connectivity index (χ3v) is 8.67. The minimum Gasteiger partial charge on any atom is -0.399 e. The van der Waals surface area contributed by atoms with Crippen molar-refractivity contribution in [2.75, 3.05) is 30.9 Å². The van der Waals surface area contributed by atoms with Gasteiger partial charge in [-0.3, -0.25) is 9.36 Å². The number of nitrogens with two attached hydrogens (primary N) is 2. The molecule has 1 saturated heterocycles. The fourth-order valence-corrected chi connectivity index (χ4v) is 6.41. The number of methoxy groups -OCH3 is 1. The Bertz CT molecular complexity index is 1220. The van der Waals surface area contributed by atoms with Crippen molar-refractivity contribution >= 4 is 29.1 Å². The predicted molar refractivity (Wildman–Crippen MR) is 121 cm³/mol. The number of carbonyl (C=O) groups excluding carboxylic acids is 1. The van der Waals surface area contributed by atoms with Crippen molar-refractivity contribution in [2.45, 2.75) is 47.7 Å². The van der Waals surface area contributed by atoms with Crippen LogP contribution >= 0.6 is 11.8 Å². The van der Waals surface area contributed by atoms with Gasteiger partial charge >= 0.3 is 5.69 Å². The Morgan fingerprint density at radius 2 is 1.88 bits per heavy atom. The summed E-state index contributed by atoms with van der Waals surface area (Å²) in [4.78, 5) is 29.6. The number of nitrogens with zero attached hydrogens (tertiary/aromatic N) is 2. The number of hydrogen-bond acceptors (Lipinski definition) is 10. The van der Waals surface area contributed by atoms with Crippen LogP contribution in [0.15, 0.2) is 40.2 Å². The SMILES string of the molecule is COC[C@@]1(C)C2OC3C(O)([C@]3(C)n3cc(SCC(=O)c4ccc(N)cc4)c(N)nc3=O)[C@@]21O. The Morgan fingerprint density at radius 3 is 2.52 bits per heavy atom. The number of anilines is 2. The van der Waals surface area contributed by atoms with Crippen molar-refractivity contribution in [2.24, 2.45) is 5.41 Å². The Labute approximate surface area is 193 Å². The smallest absolute Gasteiger partial charge is 0.350 e. The normalized spacial score (nSPS) is 38.0. The molecule has 3 aliphatic rings. The third-order valence-electron chi connectivity index (χ3n) is 7.63. The van der Waals surface area contributed by atoms with Crippen molar-refractivity contribution in [1.29, 1.82) is 0 Å². The minimum absolute atomic E-state index is 0.0131. The van der Waals surface area contributed by atoms with Gasteiger partial charge in [0.1, 0.15) is 29.2 Å². The molecule has 1 aromatic carbocycles. The van der Waals surface area contributed by atoms with Crippen molar-refractivity contribution in [3.63, 3.8) is 0 Å². The van der Waals surface area contributed by atoms with Crippen molar-refractivity contribution in [3.05, 3.63) is 46.5 Å². The summed E-state index contributed by atoms with van der Waals surface area (Å²) >= 11 is 1.13. The molecule has 11 heteroatoms. The first-order valence-corrected chi connectivity index (χ1v) is 11.5. The van der Waals surface area contributed by atoms with E-state index in [9.17, 15) is 19.8 Å². The van der Waals surface area contributed by atoms with E-state index in [0.29, 0.717) is 16.1 Å². The molecule has 0 radical (unpaired) electrons. The first-order valence-electron chi connectivity index (χ1n) is 10.5. The molecule has 2 aliphatic carbocycles. The molecule has 2 heterocycles. The molecule has 0 bridgehead atoms. The first-order chi connectivity index (χ1) is 15.5. The van der Waals surface area contributed by atoms with Crippen LogP contribution < -0.4 is 17.2 Å². The maximum atomic E-state index is 12.8. The zero-order valence-electron chi connectivity index (χ0n) is 18.4. The molecule has 5 rings (SSSR count). The van der Waals surface area contributed by atoms with E-state index in [2.05, 4.69) is 4.98 Å². The van der Waals surface area contributed by atoms with E-state index >= 15 is 0 Å². The van der Waals surface area contributed by atoms with Gasteiger partial charge in [-0.15, -0.1) is 11.8 Å². The van der Waals surface area contributed by atoms with Crippen LogP contribution in [0.25, 0.3) is 0 Å². The predicted octanol–water partition coefficient (Wildman–Crippen LogP) is 0.00740. The van der Waals surface area contributed by atoms with Crippen LogP contribution in [-0.2, 0) is 15.0 Å². The summed E-state index contributed by atoms with van der Waals surface area (Å²) in [5.41, 5.74) is 6.71. The number of hydrogen-bond donors (Lipinski definition) is 4. The number of Topliss-reactive ketones (excluding diaryl/α,β-unsaturated/α-hetero) is 1. The van der Waals surface area contributed by atoms with E-state index in [1.807, 2.05) is 0 Å². The molecule has 6 N–H and O–H groups in total. The van der Waals surface area contributed by atoms with Crippen molar-refractivity contribution in [3.8, 4) is 0 Å². The van der Waals surface area contributed by atoms with Gasteiger partial charge in [-0.1, -0.05) is 6.92 Å². The number of aromatic nitrogens is 2. The van der Waals surface area contributed by atoms with Crippen LogP contribution in [0.4, 0.5) is 11.5 Å². The van der Waals surface area contributed by atoms with Gasteiger partial charge < -0.3 is 31.2 Å². The van der Waals surface area contributed by atoms with Crippen LogP contribution in [0.2, 0.25) is 0 Å². The van der Waals surface area contributed by atoms with Gasteiger partial charge in [0.25, 0.3) is 0 Å². The van der Waals surface area contributed by atoms with Crippen molar-refractivity contribution in [1.82, 2.24) is 9.55 Å². The maximum absolute atomic E-state index is 12.8. The van der Waals surface area contributed by atoms with Crippen LogP contribution in [0.3, 0.4) is 0 Å². The lowest BCUT2D eigenvalue weighted by atomic mass is 9.95. The van der Waals surface area contributed by atoms with Gasteiger partial charge in [0.05, 0.1) is 22.7 Å². The second-order valence-electron chi connectivity index (χ2n) is 9.40. The monoisotopic (exact) mass is 474 g/mol. The standard InChI is InChI=1S/C22H26N4O6S/c1-19(10-31-3)16-21(19,29)22(30)17(32-16)20(22,2)26-8-14(15(24)25-18(26)28)33-9-13(27)11-4-6-12(23)7-5-11/h4-8,16-17,29-30H,9-10,23H2,1-3H3,(H2,24,25,28)/t16?,17?,19-,20+,21+,22?/m0/s1. The zero-order valence-corrected chi connectivity index (χ0v) is 19.3. The zero-order chi connectivity index (χ0) is 24.0. The van der Waals surface area contributed by atoms with Gasteiger partial charge in [-0.25, -0.2) is 4.79 Å². The van der Waals surface area contributed by atoms with E-state index in [4.69, 9.17) is 20.9 Å². The fraction of sp³-hybridized carbons (Fsp3) is 0.500. The maximum Gasteiger partial charge on any atom is 0.350 e. The summed E-state index contributed by atoms with van der Waals surface area (Å²) in [5.74, 6) is -0.0905. The summed E-state index contributed by atoms with van der Waals surface area (Å²) < 4.78 is 12.4. The number of benzene rings is 1. The van der Waals surface area contributed by atoms with Crippen LogP contribution in [-0.4, -0.2) is 68.4 Å². The fourth-order valence-electron chi connectivity index (χ4n) is 5.58. The molecule has 0 spiro atoms. The van der Waals surface area contributed by atoms with Crippen LogP contribution in [0.5, 0.6) is 0 Å². The Kier molecular flexibility index (Phi) is 4.60. The largest absolute Gasteiger partial charge is 0.399 e. The second-order valence-corrected chi connectivity index (χ2v) is 10.4. The molecule has 3 unspecified atom stereocenters. The lowest BCUT2D eigenvalue weighted by Crippen LogP contribution is -2.47. The molecule has 2 saturated carbocycles. The van der Waals surface area contributed by atoms with Gasteiger partial charge in [-0.05, 0) is 31.2 Å². The molecule has 176 valence electrons. The summed E-state index contributed by atoms with van der Waals surface area (Å²) in [6.07, 6.45) is 0.0961. The highest BCUT2D eigenvalue weighted by Gasteiger charge is 3.02. The highest BCUT2D eigenvalue weighted by atomic mass is 32.2. The van der Waals surface area contributed by atoms with E-state index in [-0.39, 0.29) is 24.0 Å². The minimum atomic E-state index is -1.69. The number of ether oxygens (including phenoxy) is 2. The van der Waals surface area contributed by atoms with Gasteiger partial charge in [0.15, 0.2) is 11.4 Å². The Balaban J connectivity index is 1.42. The lowest BCUT2D eigenvalue weighted by molar-refractivity contribution is -0.0743. The molecule has 1 aliphatic heterocycles. The summed E-state index contributed by atoms with van der Waals surface area (Å²) in [7, 11) is 1.51. The molecular formula is C22H26N4O6S. The molecule has 1 aromatic heterocycles. The number of ketones is 1. The summed E-state index contributed by atoms with van der Waals surface area (Å²) in [5, 5.41) is 22.9. The van der Waals surface area contributed by atoms with E-state index in [1.54, 1.807) is 38.1 Å². The molecule has 2 aromatic rings. The number of nitrogen functional groups attached to an aromatic ring is 2. The number of carbonyl (C=O) groups is 1. The average molecular weight is 475 g/mol. The molecular weight excluding hydrogens is 448 g/mol. The topological polar surface area (TPSA) is 163 Å². The third kappa shape index (κ3) is 2.56. The van der Waals surface area contributed by atoms with Crippen LogP contribution in [0, 0.1) is 5.41 Å². The van der Waals surface area contributed by atoms with E-state index in [0.717, 1.165) is 11.8 Å². The molecule has 6 atom stereocenters. The number of thioether (sulfide) groups is 1. The highest BCUT2D eigenvalue weighted by Crippen LogP contribution is 2.81. The quantitative estimate of drug-likeness (QED) is 0.244. The summed E-state index contributed by atoms with van der Waals surface area (Å²) in [6.45, 7) is 3.62. The molecule has 3 fully saturated rings. The van der Waals surface area contributed by atoms with Crippen LogP contribution in [0.1, 0.15) is 24.2 Å². The highest BCUT2D eigenvalue weighted by molar-refractivity contribution is 8.00. The van der Waals surface area contributed by atoms with Gasteiger partial charge in [-0.2, -0.15) is 4.98 Å². The Morgan fingerprint density at radius 1 is 1.21 bits per heavy atom. The van der Waals surface area contributed by atoms with E-state index in [1.165, 1.54) is 17.9 Å². The molecule has 10 nitrogen and oxygen atoms in total. The molecule has 33 heavy (non-hydrogen) atoms. The number of aliphatic hydroxyl groups is 2. The second kappa shape index (κ2) is 6.80. The summed E-state index contributed by atoms with van der Waals surface area (Å²) in [6, 6.07) is 6.58. The Hall–Kier alpha value is -2.44. The number of rotatable bonds is 7. The lowest BCUT2D eigenvalue weighted by Gasteiger charge is -2.26. The van der Waals surface area contributed by atoms with Gasteiger partial charge in [0, 0.05) is 24.6 Å². The van der Waals surface area contributed by atoms with Gasteiger partial charge in [0.2, 0.25) is 0 Å².